The zero-order valence-corrected chi connectivity index (χ0v) is 10.9. The fourth-order valence-electron chi connectivity index (χ4n) is 1.87. The van der Waals surface area contributed by atoms with Gasteiger partial charge >= 0.3 is 0 Å². The van der Waals surface area contributed by atoms with Crippen LogP contribution in [0.5, 0.6) is 0 Å². The van der Waals surface area contributed by atoms with E-state index in [0.717, 1.165) is 30.9 Å². The van der Waals surface area contributed by atoms with Gasteiger partial charge in [-0.3, -0.25) is 9.97 Å². The summed E-state index contributed by atoms with van der Waals surface area (Å²) in [6, 6.07) is 0.166. The van der Waals surface area contributed by atoms with Gasteiger partial charge in [-0.2, -0.15) is 0 Å². The summed E-state index contributed by atoms with van der Waals surface area (Å²) < 4.78 is 2.04. The van der Waals surface area contributed by atoms with Gasteiger partial charge in [0.05, 0.1) is 11.7 Å². The number of hydrogen-bond acceptors (Lipinski definition) is 4. The van der Waals surface area contributed by atoms with E-state index in [-0.39, 0.29) is 6.04 Å². The first-order chi connectivity index (χ1) is 8.81. The Labute approximate surface area is 107 Å². The molecule has 1 unspecified atom stereocenters. The highest BCUT2D eigenvalue weighted by Gasteiger charge is 2.15. The molecule has 0 radical (unpaired) electrons. The van der Waals surface area contributed by atoms with E-state index < -0.39 is 0 Å². The van der Waals surface area contributed by atoms with Crippen LogP contribution in [0.15, 0.2) is 31.0 Å². The molecule has 2 aromatic heterocycles. The maximum Gasteiger partial charge on any atom is 0.110 e. The fraction of sp³-hybridized carbons (Fsp3) is 0.462. The number of aromatic nitrogens is 4. The molecule has 0 aliphatic heterocycles. The molecular weight excluding hydrogens is 226 g/mol. The lowest BCUT2D eigenvalue weighted by Gasteiger charge is -2.17. The van der Waals surface area contributed by atoms with E-state index in [9.17, 15) is 0 Å². The van der Waals surface area contributed by atoms with Gasteiger partial charge in [0.15, 0.2) is 0 Å². The molecule has 0 aliphatic carbocycles. The van der Waals surface area contributed by atoms with E-state index in [1.165, 1.54) is 0 Å². The Balaban J connectivity index is 2.13. The van der Waals surface area contributed by atoms with Gasteiger partial charge in [0, 0.05) is 44.5 Å². The maximum absolute atomic E-state index is 4.38. The van der Waals surface area contributed by atoms with Crippen LogP contribution in [-0.2, 0) is 13.5 Å². The second-order valence-corrected chi connectivity index (χ2v) is 4.30. The first-order valence-corrected chi connectivity index (χ1v) is 6.26. The Morgan fingerprint density at radius 2 is 2.17 bits per heavy atom. The van der Waals surface area contributed by atoms with Crippen molar-refractivity contribution in [3.8, 4) is 0 Å². The van der Waals surface area contributed by atoms with E-state index in [1.807, 2.05) is 30.2 Å². The molecule has 0 fully saturated rings. The number of aryl methyl sites for hydroxylation is 1. The second-order valence-electron chi connectivity index (χ2n) is 4.30. The van der Waals surface area contributed by atoms with Crippen molar-refractivity contribution in [2.75, 3.05) is 6.54 Å². The standard InChI is InChI=1S/C13H19N5/c1-3-4-15-11(12-10-14-5-6-16-12)9-13-17-7-8-18(13)2/h5-8,10-11,15H,3-4,9H2,1-2H3. The third-order valence-corrected chi connectivity index (χ3v) is 2.89. The van der Waals surface area contributed by atoms with Crippen molar-refractivity contribution in [2.45, 2.75) is 25.8 Å². The predicted octanol–water partition coefficient (Wildman–Crippen LogP) is 1.49. The van der Waals surface area contributed by atoms with Gasteiger partial charge in [-0.25, -0.2) is 4.98 Å². The Bertz CT molecular complexity index is 465. The summed E-state index contributed by atoms with van der Waals surface area (Å²) in [6.07, 6.45) is 10.9. The zero-order valence-electron chi connectivity index (χ0n) is 10.9. The number of imidazole rings is 1. The van der Waals surface area contributed by atoms with Crippen LogP contribution in [0.3, 0.4) is 0 Å². The zero-order chi connectivity index (χ0) is 12.8. The van der Waals surface area contributed by atoms with Crippen LogP contribution in [0.25, 0.3) is 0 Å². The van der Waals surface area contributed by atoms with Crippen molar-refractivity contribution in [3.63, 3.8) is 0 Å². The average Bonchev–Trinajstić information content (AvgIpc) is 2.81. The van der Waals surface area contributed by atoms with Crippen molar-refractivity contribution in [2.24, 2.45) is 7.05 Å². The summed E-state index contributed by atoms with van der Waals surface area (Å²) >= 11 is 0. The summed E-state index contributed by atoms with van der Waals surface area (Å²) in [6.45, 7) is 3.12. The number of rotatable bonds is 6. The van der Waals surface area contributed by atoms with E-state index in [2.05, 4.69) is 27.2 Å². The summed E-state index contributed by atoms with van der Waals surface area (Å²) in [5, 5.41) is 3.50. The molecule has 0 bridgehead atoms. The van der Waals surface area contributed by atoms with Gasteiger partial charge in [-0.05, 0) is 13.0 Å². The molecule has 0 spiro atoms. The number of nitrogens with one attached hydrogen (secondary N) is 1. The molecule has 5 nitrogen and oxygen atoms in total. The molecule has 2 heterocycles. The summed E-state index contributed by atoms with van der Waals surface area (Å²) in [7, 11) is 2.01. The number of nitrogens with zero attached hydrogens (tertiary/aromatic N) is 4. The lowest BCUT2D eigenvalue weighted by Crippen LogP contribution is -2.26. The molecule has 96 valence electrons. The average molecular weight is 245 g/mol. The van der Waals surface area contributed by atoms with Crippen molar-refractivity contribution in [1.82, 2.24) is 24.8 Å². The van der Waals surface area contributed by atoms with Crippen molar-refractivity contribution in [3.05, 3.63) is 42.5 Å². The molecule has 1 atom stereocenters. The van der Waals surface area contributed by atoms with E-state index in [4.69, 9.17) is 0 Å². The van der Waals surface area contributed by atoms with Gasteiger partial charge in [0.25, 0.3) is 0 Å². The SMILES string of the molecule is CCCNC(Cc1nccn1C)c1cnccn1. The largest absolute Gasteiger partial charge is 0.338 e. The molecular formula is C13H19N5. The molecule has 0 aliphatic rings. The van der Waals surface area contributed by atoms with Crippen molar-refractivity contribution in [1.29, 1.82) is 0 Å². The normalized spacial score (nSPS) is 12.6. The third kappa shape index (κ3) is 3.13. The van der Waals surface area contributed by atoms with Crippen LogP contribution in [0.4, 0.5) is 0 Å². The van der Waals surface area contributed by atoms with Crippen LogP contribution < -0.4 is 5.32 Å². The smallest absolute Gasteiger partial charge is 0.110 e. The second kappa shape index (κ2) is 6.26. The van der Waals surface area contributed by atoms with Crippen LogP contribution in [0.2, 0.25) is 0 Å². The summed E-state index contributed by atoms with van der Waals surface area (Å²) in [4.78, 5) is 12.9. The molecule has 5 heteroatoms. The van der Waals surface area contributed by atoms with Crippen LogP contribution in [-0.4, -0.2) is 26.1 Å². The summed E-state index contributed by atoms with van der Waals surface area (Å²) in [5.41, 5.74) is 0.967. The molecule has 0 aromatic carbocycles. The first-order valence-electron chi connectivity index (χ1n) is 6.26. The van der Waals surface area contributed by atoms with Crippen LogP contribution in [0.1, 0.15) is 30.9 Å². The minimum Gasteiger partial charge on any atom is -0.338 e. The molecule has 18 heavy (non-hydrogen) atoms. The highest BCUT2D eigenvalue weighted by Crippen LogP contribution is 2.14. The highest BCUT2D eigenvalue weighted by atomic mass is 15.0. The van der Waals surface area contributed by atoms with Gasteiger partial charge in [-0.15, -0.1) is 0 Å². The minimum absolute atomic E-state index is 0.166. The van der Waals surface area contributed by atoms with E-state index >= 15 is 0 Å². The van der Waals surface area contributed by atoms with Gasteiger partial charge in [0.2, 0.25) is 0 Å². The lowest BCUT2D eigenvalue weighted by molar-refractivity contribution is 0.500. The molecule has 0 saturated heterocycles. The Kier molecular flexibility index (Phi) is 4.41. The predicted molar refractivity (Wildman–Crippen MR) is 70.0 cm³/mol. The molecule has 2 rings (SSSR count). The molecule has 2 aromatic rings. The highest BCUT2D eigenvalue weighted by molar-refractivity contribution is 5.07. The quantitative estimate of drug-likeness (QED) is 0.838. The minimum atomic E-state index is 0.166. The Morgan fingerprint density at radius 1 is 1.28 bits per heavy atom. The molecule has 1 N–H and O–H groups in total. The van der Waals surface area contributed by atoms with E-state index in [0.29, 0.717) is 0 Å². The maximum atomic E-state index is 4.38. The van der Waals surface area contributed by atoms with Gasteiger partial charge in [0.1, 0.15) is 5.82 Å². The first kappa shape index (κ1) is 12.7. The molecule has 0 saturated carbocycles. The number of hydrogen-bond donors (Lipinski definition) is 1. The van der Waals surface area contributed by atoms with Crippen molar-refractivity contribution < 1.29 is 0 Å². The summed E-state index contributed by atoms with van der Waals surface area (Å²) in [5.74, 6) is 1.05. The monoisotopic (exact) mass is 245 g/mol. The van der Waals surface area contributed by atoms with Crippen LogP contribution in [0, 0.1) is 0 Å². The van der Waals surface area contributed by atoms with Crippen LogP contribution >= 0.6 is 0 Å². The Morgan fingerprint density at radius 3 is 2.78 bits per heavy atom. The van der Waals surface area contributed by atoms with Gasteiger partial charge in [-0.1, -0.05) is 6.92 Å². The topological polar surface area (TPSA) is 55.6 Å². The Hall–Kier alpha value is -1.75. The van der Waals surface area contributed by atoms with E-state index in [1.54, 1.807) is 12.4 Å². The van der Waals surface area contributed by atoms with Crippen molar-refractivity contribution >= 4 is 0 Å². The molecule has 0 amide bonds. The lowest BCUT2D eigenvalue weighted by atomic mass is 10.1. The fourth-order valence-corrected chi connectivity index (χ4v) is 1.87. The van der Waals surface area contributed by atoms with Gasteiger partial charge < -0.3 is 9.88 Å². The third-order valence-electron chi connectivity index (χ3n) is 2.89.